The van der Waals surface area contributed by atoms with Crippen LogP contribution < -0.4 is 0 Å². The normalized spacial score (nSPS) is 10.5. The number of halogens is 1. The van der Waals surface area contributed by atoms with Gasteiger partial charge in [0, 0.05) is 26.0 Å². The second-order valence-corrected chi connectivity index (χ2v) is 5.61. The van der Waals surface area contributed by atoms with Crippen LogP contribution in [0.2, 0.25) is 5.02 Å². The summed E-state index contributed by atoms with van der Waals surface area (Å²) < 4.78 is 1.23. The van der Waals surface area contributed by atoms with E-state index in [4.69, 9.17) is 11.6 Å². The third-order valence-electron chi connectivity index (χ3n) is 3.43. The first kappa shape index (κ1) is 15.2. The highest BCUT2D eigenvalue weighted by atomic mass is 35.5. The summed E-state index contributed by atoms with van der Waals surface area (Å²) in [5.41, 5.74) is 3.22. The monoisotopic (exact) mass is 326 g/mol. The Hall–Kier alpha value is -2.66. The number of carbonyl (C=O) groups is 1. The maximum Gasteiger partial charge on any atom is 0.344 e. The van der Waals surface area contributed by atoms with Crippen LogP contribution in [0.25, 0.3) is 11.1 Å². The van der Waals surface area contributed by atoms with Crippen LogP contribution in [0.5, 0.6) is 0 Å². The minimum absolute atomic E-state index is 0.230. The molecule has 1 aromatic carbocycles. The number of benzene rings is 1. The lowest BCUT2D eigenvalue weighted by Gasteiger charge is -2.17. The van der Waals surface area contributed by atoms with Crippen molar-refractivity contribution in [3.05, 3.63) is 71.8 Å². The van der Waals surface area contributed by atoms with Gasteiger partial charge in [0.25, 0.3) is 0 Å². The molecule has 0 radical (unpaired) electrons. The average molecular weight is 327 g/mol. The molecule has 0 unspecified atom stereocenters. The van der Waals surface area contributed by atoms with Gasteiger partial charge in [-0.2, -0.15) is 9.78 Å². The molecule has 0 N–H and O–H groups in total. The molecule has 0 aliphatic carbocycles. The number of hydrogen-bond acceptors (Lipinski definition) is 3. The summed E-state index contributed by atoms with van der Waals surface area (Å²) in [5, 5.41) is 4.37. The molecule has 2 aromatic heterocycles. The van der Waals surface area contributed by atoms with E-state index in [2.05, 4.69) is 16.1 Å². The molecular formula is C17H15ClN4O. The van der Waals surface area contributed by atoms with Crippen molar-refractivity contribution in [3.63, 3.8) is 0 Å². The maximum absolute atomic E-state index is 12.3. The summed E-state index contributed by atoms with van der Waals surface area (Å²) in [7, 11) is 1.73. The van der Waals surface area contributed by atoms with E-state index < -0.39 is 0 Å². The van der Waals surface area contributed by atoms with Gasteiger partial charge in [-0.1, -0.05) is 29.8 Å². The highest BCUT2D eigenvalue weighted by molar-refractivity contribution is 6.30. The summed E-state index contributed by atoms with van der Waals surface area (Å²) in [4.78, 5) is 17.9. The van der Waals surface area contributed by atoms with E-state index in [1.54, 1.807) is 24.3 Å². The summed E-state index contributed by atoms with van der Waals surface area (Å²) in [6.07, 6.45) is 6.46. The van der Waals surface area contributed by atoms with Gasteiger partial charge in [0.1, 0.15) is 0 Å². The van der Waals surface area contributed by atoms with Crippen molar-refractivity contribution in [1.29, 1.82) is 0 Å². The lowest BCUT2D eigenvalue weighted by Crippen LogP contribution is -2.30. The van der Waals surface area contributed by atoms with Crippen LogP contribution in [-0.4, -0.2) is 32.7 Å². The number of nitrogens with zero attached hydrogens (tertiary/aromatic N) is 4. The lowest BCUT2D eigenvalue weighted by atomic mass is 10.0. The van der Waals surface area contributed by atoms with Gasteiger partial charge >= 0.3 is 6.03 Å². The van der Waals surface area contributed by atoms with Crippen molar-refractivity contribution >= 4 is 17.6 Å². The summed E-state index contributed by atoms with van der Waals surface area (Å²) >= 11 is 5.80. The second kappa shape index (κ2) is 6.62. The highest BCUT2D eigenvalue weighted by Crippen LogP contribution is 2.20. The first-order valence-electron chi connectivity index (χ1n) is 7.08. The van der Waals surface area contributed by atoms with E-state index in [9.17, 15) is 4.79 Å². The molecule has 1 amide bonds. The Morgan fingerprint density at radius 1 is 1.22 bits per heavy atom. The average Bonchev–Trinajstić information content (AvgIpc) is 3.01. The topological polar surface area (TPSA) is 51.0 Å². The van der Waals surface area contributed by atoms with Gasteiger partial charge in [0.2, 0.25) is 0 Å². The number of pyridine rings is 1. The standard InChI is InChI=1S/C17H15ClN4O/c1-21(17(23)22-12-16(18)10-20-22)11-13-3-2-4-15(9-13)14-5-7-19-8-6-14/h2-10,12H,11H2,1H3. The number of amides is 1. The summed E-state index contributed by atoms with van der Waals surface area (Å²) in [6.45, 7) is 0.481. The minimum atomic E-state index is -0.230. The number of rotatable bonds is 3. The fourth-order valence-electron chi connectivity index (χ4n) is 2.32. The Balaban J connectivity index is 1.76. The first-order chi connectivity index (χ1) is 11.1. The van der Waals surface area contributed by atoms with Gasteiger partial charge in [0.15, 0.2) is 0 Å². The molecule has 2 heterocycles. The molecule has 6 heteroatoms. The molecule has 3 rings (SSSR count). The number of hydrogen-bond donors (Lipinski definition) is 0. The minimum Gasteiger partial charge on any atom is -0.322 e. The Labute approximate surface area is 139 Å². The van der Waals surface area contributed by atoms with Crippen molar-refractivity contribution in [1.82, 2.24) is 19.7 Å². The molecule has 0 saturated carbocycles. The van der Waals surface area contributed by atoms with Gasteiger partial charge in [0.05, 0.1) is 17.4 Å². The van der Waals surface area contributed by atoms with E-state index in [0.29, 0.717) is 11.6 Å². The van der Waals surface area contributed by atoms with Crippen molar-refractivity contribution in [2.75, 3.05) is 7.05 Å². The summed E-state index contributed by atoms with van der Waals surface area (Å²) in [5.74, 6) is 0. The molecule has 0 fully saturated rings. The Kier molecular flexibility index (Phi) is 4.39. The first-order valence-corrected chi connectivity index (χ1v) is 7.46. The van der Waals surface area contributed by atoms with Crippen LogP contribution in [0.4, 0.5) is 4.79 Å². The maximum atomic E-state index is 12.3. The molecule has 0 spiro atoms. The molecule has 0 saturated heterocycles. The SMILES string of the molecule is CN(Cc1cccc(-c2ccncc2)c1)C(=O)n1cc(Cl)cn1. The van der Waals surface area contributed by atoms with Crippen LogP contribution in [0.1, 0.15) is 5.56 Å². The zero-order valence-electron chi connectivity index (χ0n) is 12.6. The zero-order valence-corrected chi connectivity index (χ0v) is 13.3. The van der Waals surface area contributed by atoms with Crippen LogP contribution in [0, 0.1) is 0 Å². The number of aromatic nitrogens is 3. The Morgan fingerprint density at radius 2 is 2.00 bits per heavy atom. The third-order valence-corrected chi connectivity index (χ3v) is 3.63. The van der Waals surface area contributed by atoms with E-state index in [1.807, 2.05) is 30.3 Å². The van der Waals surface area contributed by atoms with E-state index in [-0.39, 0.29) is 6.03 Å². The van der Waals surface area contributed by atoms with E-state index >= 15 is 0 Å². The smallest absolute Gasteiger partial charge is 0.322 e. The van der Waals surface area contributed by atoms with Crippen LogP contribution in [0.3, 0.4) is 0 Å². The Morgan fingerprint density at radius 3 is 2.70 bits per heavy atom. The third kappa shape index (κ3) is 3.57. The van der Waals surface area contributed by atoms with Gasteiger partial charge in [-0.15, -0.1) is 0 Å². The quantitative estimate of drug-likeness (QED) is 0.737. The lowest BCUT2D eigenvalue weighted by molar-refractivity contribution is 0.205. The summed E-state index contributed by atoms with van der Waals surface area (Å²) in [6, 6.07) is 11.8. The predicted octanol–water partition coefficient (Wildman–Crippen LogP) is 3.70. The molecule has 116 valence electrons. The molecule has 0 aliphatic heterocycles. The van der Waals surface area contributed by atoms with Crippen molar-refractivity contribution in [3.8, 4) is 11.1 Å². The van der Waals surface area contributed by atoms with Gasteiger partial charge in [-0.05, 0) is 34.9 Å². The van der Waals surface area contributed by atoms with Gasteiger partial charge in [-0.3, -0.25) is 4.98 Å². The zero-order chi connectivity index (χ0) is 16.2. The van der Waals surface area contributed by atoms with Crippen molar-refractivity contribution in [2.45, 2.75) is 6.54 Å². The van der Waals surface area contributed by atoms with Crippen LogP contribution in [0.15, 0.2) is 61.2 Å². The second-order valence-electron chi connectivity index (χ2n) is 5.18. The molecule has 23 heavy (non-hydrogen) atoms. The molecule has 0 atom stereocenters. The molecule has 5 nitrogen and oxygen atoms in total. The molecule has 0 bridgehead atoms. The van der Waals surface area contributed by atoms with E-state index in [0.717, 1.165) is 16.7 Å². The van der Waals surface area contributed by atoms with Gasteiger partial charge < -0.3 is 4.90 Å². The van der Waals surface area contributed by atoms with Crippen LogP contribution in [-0.2, 0) is 6.54 Å². The molecule has 0 aliphatic rings. The number of carbonyl (C=O) groups excluding carboxylic acids is 1. The fourth-order valence-corrected chi connectivity index (χ4v) is 2.45. The predicted molar refractivity (Wildman–Crippen MR) is 89.2 cm³/mol. The van der Waals surface area contributed by atoms with E-state index in [1.165, 1.54) is 17.1 Å². The largest absolute Gasteiger partial charge is 0.344 e. The van der Waals surface area contributed by atoms with Crippen LogP contribution >= 0.6 is 11.6 Å². The van der Waals surface area contributed by atoms with Gasteiger partial charge in [-0.25, -0.2) is 4.79 Å². The molecular weight excluding hydrogens is 312 g/mol. The van der Waals surface area contributed by atoms with Crippen molar-refractivity contribution < 1.29 is 4.79 Å². The Bertz CT molecular complexity index is 816. The molecule has 3 aromatic rings. The highest BCUT2D eigenvalue weighted by Gasteiger charge is 2.13. The fraction of sp³-hybridized carbons (Fsp3) is 0.118. The van der Waals surface area contributed by atoms with Crippen molar-refractivity contribution in [2.24, 2.45) is 0 Å².